The zero-order valence-corrected chi connectivity index (χ0v) is 18.0. The second-order valence-electron chi connectivity index (χ2n) is 7.27. The molecule has 0 atom stereocenters. The Hall–Kier alpha value is -3.21. The molecule has 0 bridgehead atoms. The van der Waals surface area contributed by atoms with Crippen molar-refractivity contribution in [1.29, 1.82) is 0 Å². The zero-order valence-electron chi connectivity index (χ0n) is 17.2. The van der Waals surface area contributed by atoms with Gasteiger partial charge >= 0.3 is 0 Å². The Morgan fingerprint density at radius 1 is 1.20 bits per heavy atom. The standard InChI is InChI=1S/C19H22N8O2S/c1-12(2)10-15-20-16(29-22-15)11-30-19-21-23-24-26(19)17-13(3)25(4)27(18(17)28)14-8-6-5-7-9-14/h5-9,12H,10-11H2,1-4H3. The quantitative estimate of drug-likeness (QED) is 0.414. The molecule has 0 radical (unpaired) electrons. The monoisotopic (exact) mass is 426 g/mol. The van der Waals surface area contributed by atoms with E-state index in [4.69, 9.17) is 4.52 Å². The molecule has 0 fully saturated rings. The van der Waals surface area contributed by atoms with Crippen molar-refractivity contribution < 1.29 is 4.52 Å². The minimum Gasteiger partial charge on any atom is -0.338 e. The van der Waals surface area contributed by atoms with Crippen molar-refractivity contribution in [2.24, 2.45) is 13.0 Å². The molecule has 4 aromatic rings. The lowest BCUT2D eigenvalue weighted by Crippen LogP contribution is -2.22. The summed E-state index contributed by atoms with van der Waals surface area (Å²) >= 11 is 1.34. The van der Waals surface area contributed by atoms with Crippen LogP contribution in [0.25, 0.3) is 11.4 Å². The second-order valence-corrected chi connectivity index (χ2v) is 8.22. The number of para-hydroxylation sites is 1. The highest BCUT2D eigenvalue weighted by Gasteiger charge is 2.22. The van der Waals surface area contributed by atoms with E-state index in [-0.39, 0.29) is 5.56 Å². The van der Waals surface area contributed by atoms with Crippen LogP contribution in [-0.4, -0.2) is 39.7 Å². The van der Waals surface area contributed by atoms with Crippen molar-refractivity contribution in [3.05, 3.63) is 58.1 Å². The van der Waals surface area contributed by atoms with Crippen LogP contribution in [0.3, 0.4) is 0 Å². The van der Waals surface area contributed by atoms with Crippen LogP contribution in [-0.2, 0) is 19.2 Å². The highest BCUT2D eigenvalue weighted by atomic mass is 32.2. The van der Waals surface area contributed by atoms with Gasteiger partial charge in [0.15, 0.2) is 11.5 Å². The molecule has 0 aliphatic rings. The second kappa shape index (κ2) is 8.27. The molecule has 3 heterocycles. The maximum atomic E-state index is 13.2. The van der Waals surface area contributed by atoms with Gasteiger partial charge in [-0.2, -0.15) is 9.67 Å². The molecule has 3 aromatic heterocycles. The summed E-state index contributed by atoms with van der Waals surface area (Å²) in [4.78, 5) is 17.6. The third kappa shape index (κ3) is 3.80. The summed E-state index contributed by atoms with van der Waals surface area (Å²) in [5.74, 6) is 2.04. The van der Waals surface area contributed by atoms with Gasteiger partial charge in [-0.25, -0.2) is 4.68 Å². The third-order valence-electron chi connectivity index (χ3n) is 4.60. The number of rotatable bonds is 7. The Bertz CT molecular complexity index is 1210. The molecule has 0 aliphatic heterocycles. The summed E-state index contributed by atoms with van der Waals surface area (Å²) in [5.41, 5.74) is 1.72. The van der Waals surface area contributed by atoms with Crippen molar-refractivity contribution >= 4 is 11.8 Å². The highest BCUT2D eigenvalue weighted by molar-refractivity contribution is 7.98. The van der Waals surface area contributed by atoms with Crippen molar-refractivity contribution in [3.63, 3.8) is 0 Å². The fourth-order valence-electron chi connectivity index (χ4n) is 3.13. The van der Waals surface area contributed by atoms with E-state index in [9.17, 15) is 4.79 Å². The Kier molecular flexibility index (Phi) is 5.53. The molecule has 0 spiro atoms. The molecule has 11 heteroatoms. The van der Waals surface area contributed by atoms with E-state index in [1.165, 1.54) is 16.4 Å². The molecule has 156 valence electrons. The summed E-state index contributed by atoms with van der Waals surface area (Å²) < 4.78 is 10.2. The van der Waals surface area contributed by atoms with Gasteiger partial charge < -0.3 is 4.52 Å². The number of benzene rings is 1. The van der Waals surface area contributed by atoms with E-state index < -0.39 is 0 Å². The minimum atomic E-state index is -0.202. The molecule has 10 nitrogen and oxygen atoms in total. The number of hydrogen-bond acceptors (Lipinski definition) is 8. The van der Waals surface area contributed by atoms with Crippen LogP contribution in [0, 0.1) is 12.8 Å². The van der Waals surface area contributed by atoms with Gasteiger partial charge in [0, 0.05) is 13.5 Å². The van der Waals surface area contributed by atoms with Gasteiger partial charge in [0.25, 0.3) is 5.56 Å². The maximum Gasteiger partial charge on any atom is 0.297 e. The first-order chi connectivity index (χ1) is 14.5. The van der Waals surface area contributed by atoms with Gasteiger partial charge in [-0.1, -0.05) is 49.0 Å². The molecular formula is C19H22N8O2S. The summed E-state index contributed by atoms with van der Waals surface area (Å²) in [5, 5.41) is 16.4. The lowest BCUT2D eigenvalue weighted by Gasteiger charge is -2.07. The molecule has 0 unspecified atom stereocenters. The van der Waals surface area contributed by atoms with Gasteiger partial charge in [0.05, 0.1) is 17.1 Å². The third-order valence-corrected chi connectivity index (χ3v) is 5.51. The molecule has 30 heavy (non-hydrogen) atoms. The Morgan fingerprint density at radius 2 is 1.97 bits per heavy atom. The average molecular weight is 427 g/mol. The lowest BCUT2D eigenvalue weighted by atomic mass is 10.1. The highest BCUT2D eigenvalue weighted by Crippen LogP contribution is 2.23. The number of nitrogens with zero attached hydrogens (tertiary/aromatic N) is 8. The van der Waals surface area contributed by atoms with Crippen LogP contribution in [0.15, 0.2) is 44.8 Å². The predicted molar refractivity (Wildman–Crippen MR) is 111 cm³/mol. The minimum absolute atomic E-state index is 0.202. The van der Waals surface area contributed by atoms with E-state index in [0.717, 1.165) is 17.8 Å². The van der Waals surface area contributed by atoms with E-state index in [1.807, 2.05) is 44.3 Å². The van der Waals surface area contributed by atoms with Crippen molar-refractivity contribution in [1.82, 2.24) is 39.7 Å². The summed E-state index contributed by atoms with van der Waals surface area (Å²) in [6.07, 6.45) is 0.758. The molecule has 0 saturated heterocycles. The maximum absolute atomic E-state index is 13.2. The molecule has 1 aromatic carbocycles. The van der Waals surface area contributed by atoms with Crippen LogP contribution in [0.5, 0.6) is 0 Å². The topological polar surface area (TPSA) is 109 Å². The fraction of sp³-hybridized carbons (Fsp3) is 0.368. The average Bonchev–Trinajstić information content (AvgIpc) is 3.40. The van der Waals surface area contributed by atoms with E-state index in [1.54, 1.807) is 9.36 Å². The molecule has 4 rings (SSSR count). The van der Waals surface area contributed by atoms with Crippen LogP contribution in [0.1, 0.15) is 31.3 Å². The van der Waals surface area contributed by atoms with E-state index >= 15 is 0 Å². The van der Waals surface area contributed by atoms with Crippen LogP contribution < -0.4 is 5.56 Å². The first-order valence-electron chi connectivity index (χ1n) is 9.52. The van der Waals surface area contributed by atoms with Gasteiger partial charge in [-0.05, 0) is 35.4 Å². The molecular weight excluding hydrogens is 404 g/mol. The number of aromatic nitrogens is 8. The SMILES string of the molecule is Cc1c(-n2nnnc2SCc2nc(CC(C)C)no2)c(=O)n(-c2ccccc2)n1C. The van der Waals surface area contributed by atoms with E-state index in [2.05, 4.69) is 39.5 Å². The Balaban J connectivity index is 1.62. The summed E-state index contributed by atoms with van der Waals surface area (Å²) in [6, 6.07) is 9.44. The van der Waals surface area contributed by atoms with Gasteiger partial charge in [-0.15, -0.1) is 5.10 Å². The summed E-state index contributed by atoms with van der Waals surface area (Å²) in [7, 11) is 1.83. The van der Waals surface area contributed by atoms with Crippen LogP contribution in [0.2, 0.25) is 0 Å². The Labute approximate surface area is 176 Å². The predicted octanol–water partition coefficient (Wildman–Crippen LogP) is 2.33. The van der Waals surface area contributed by atoms with E-state index in [0.29, 0.717) is 34.2 Å². The van der Waals surface area contributed by atoms with Crippen molar-refractivity contribution in [2.45, 2.75) is 38.1 Å². The Morgan fingerprint density at radius 3 is 2.70 bits per heavy atom. The van der Waals surface area contributed by atoms with Crippen molar-refractivity contribution in [2.75, 3.05) is 0 Å². The largest absolute Gasteiger partial charge is 0.338 e. The van der Waals surface area contributed by atoms with Crippen molar-refractivity contribution in [3.8, 4) is 11.4 Å². The lowest BCUT2D eigenvalue weighted by molar-refractivity contribution is 0.382. The fourth-order valence-corrected chi connectivity index (χ4v) is 3.84. The zero-order chi connectivity index (χ0) is 21.3. The summed E-state index contributed by atoms with van der Waals surface area (Å²) in [6.45, 7) is 6.06. The molecule has 0 saturated carbocycles. The molecule has 0 amide bonds. The van der Waals surface area contributed by atoms with Crippen LogP contribution >= 0.6 is 11.8 Å². The molecule has 0 N–H and O–H groups in total. The number of tetrazole rings is 1. The molecule has 0 aliphatic carbocycles. The van der Waals surface area contributed by atoms with Gasteiger partial charge in [0.2, 0.25) is 11.0 Å². The number of thioether (sulfide) groups is 1. The first-order valence-corrected chi connectivity index (χ1v) is 10.5. The number of hydrogen-bond donors (Lipinski definition) is 0. The van der Waals surface area contributed by atoms with Crippen LogP contribution in [0.4, 0.5) is 0 Å². The normalized spacial score (nSPS) is 11.5. The van der Waals surface area contributed by atoms with Gasteiger partial charge in [0.1, 0.15) is 0 Å². The smallest absolute Gasteiger partial charge is 0.297 e. The van der Waals surface area contributed by atoms with Gasteiger partial charge in [-0.3, -0.25) is 9.48 Å². The first kappa shape index (κ1) is 20.1.